The van der Waals surface area contributed by atoms with Gasteiger partial charge in [-0.3, -0.25) is 28.9 Å². The van der Waals surface area contributed by atoms with Crippen molar-refractivity contribution in [2.24, 2.45) is 29.1 Å². The van der Waals surface area contributed by atoms with Gasteiger partial charge in [0.2, 0.25) is 23.6 Å². The topological polar surface area (TPSA) is 176 Å². The molecule has 1 saturated heterocycles. The molecule has 0 spiro atoms. The molecule has 1 aliphatic heterocycles. The van der Waals surface area contributed by atoms with Crippen LogP contribution in [0.5, 0.6) is 0 Å². The van der Waals surface area contributed by atoms with E-state index in [0.29, 0.717) is 64.0 Å². The molecule has 0 saturated carbocycles. The van der Waals surface area contributed by atoms with Crippen molar-refractivity contribution in [3.63, 3.8) is 0 Å². The molecule has 15 nitrogen and oxygen atoms in total. The van der Waals surface area contributed by atoms with Crippen molar-refractivity contribution in [1.29, 1.82) is 0 Å². The molecule has 408 valence electrons. The van der Waals surface area contributed by atoms with Crippen molar-refractivity contribution in [1.82, 2.24) is 25.3 Å². The molecule has 1 aromatic carbocycles. The van der Waals surface area contributed by atoms with Gasteiger partial charge < -0.3 is 44.5 Å². The lowest BCUT2D eigenvalue weighted by Gasteiger charge is -2.41. The molecule has 1 fully saturated rings. The summed E-state index contributed by atoms with van der Waals surface area (Å²) in [6.45, 7) is 31.2. The van der Waals surface area contributed by atoms with Crippen molar-refractivity contribution < 1.29 is 48.0 Å². The molecule has 2 rings (SSSR count). The number of hydrogen-bond acceptors (Lipinski definition) is 11. The van der Waals surface area contributed by atoms with Gasteiger partial charge in [-0.2, -0.15) is 0 Å². The molecule has 1 aliphatic rings. The maximum atomic E-state index is 14.7. The fourth-order valence-electron chi connectivity index (χ4n) is 9.78. The van der Waals surface area contributed by atoms with E-state index in [1.54, 1.807) is 44.9 Å². The quantitative estimate of drug-likeness (QED) is 0.0668. The van der Waals surface area contributed by atoms with Crippen LogP contribution in [0.15, 0.2) is 30.3 Å². The second-order valence-electron chi connectivity index (χ2n) is 23.3. The summed E-state index contributed by atoms with van der Waals surface area (Å²) in [6.07, 6.45) is 1.70. The number of methoxy groups -OCH3 is 2. The van der Waals surface area contributed by atoms with Crippen LogP contribution < -0.4 is 10.6 Å². The average Bonchev–Trinajstić information content (AvgIpc) is 3.78. The third-order valence-corrected chi connectivity index (χ3v) is 14.8. The van der Waals surface area contributed by atoms with E-state index >= 15 is 0 Å². The predicted octanol–water partition coefficient (Wildman–Crippen LogP) is 7.62. The van der Waals surface area contributed by atoms with Gasteiger partial charge >= 0.3 is 0 Å². The molecular formula is C56H99N5O10. The SMILES string of the molecule is CCC(C)C([C@@H](CC(=O)N1CCC[C@H]1[C@H](OC)[C@@H](C)C(=O)N[C@H](C)[C@@H](O)c1ccccc1)OC)N(C)C(=O)[C@@H](NC(=O)C(C(C)C)N(C)CCOC(C)(C)CCOC(C)(C)CCC(=O)C(C)(C)C)C(C)C. The monoisotopic (exact) mass is 1000 g/mol. The lowest BCUT2D eigenvalue weighted by Crippen LogP contribution is -2.60. The summed E-state index contributed by atoms with van der Waals surface area (Å²) in [5.41, 5.74) is -0.600. The van der Waals surface area contributed by atoms with Crippen LogP contribution >= 0.6 is 0 Å². The number of benzene rings is 1. The molecule has 0 bridgehead atoms. The summed E-state index contributed by atoms with van der Waals surface area (Å²) in [6, 6.07) is 6.37. The molecule has 71 heavy (non-hydrogen) atoms. The van der Waals surface area contributed by atoms with Crippen LogP contribution in [0.25, 0.3) is 0 Å². The number of carbonyl (C=O) groups is 5. The zero-order valence-electron chi connectivity index (χ0n) is 47.6. The standard InChI is InChI=1S/C56H99N5O10/c1-20-38(6)48(43(68-18)35-45(63)61-31-24-27-42(61)50(69-19)39(7)51(65)57-40(8)49(64)41-25-22-21-23-26-41)60(17)53(67)46(36(2)3)58-52(66)47(37(4)5)59(16)32-34-71-56(14,15)30-33-70-55(12,13)29-28-44(62)54(9,10)11/h21-23,25-26,36-40,42-43,46-50,64H,20,24,27-35H2,1-19H3,(H,57,65)(H,58,66)/t38?,39-,40-,42+,43-,46+,47?,48?,49-,50-/m1/s1. The van der Waals surface area contributed by atoms with Crippen LogP contribution in [0.4, 0.5) is 0 Å². The number of aliphatic hydroxyl groups excluding tert-OH is 1. The molecule has 15 heteroatoms. The van der Waals surface area contributed by atoms with Gasteiger partial charge in [-0.15, -0.1) is 0 Å². The highest BCUT2D eigenvalue weighted by molar-refractivity contribution is 5.90. The van der Waals surface area contributed by atoms with E-state index in [0.717, 1.165) is 6.42 Å². The van der Waals surface area contributed by atoms with E-state index in [4.69, 9.17) is 18.9 Å². The van der Waals surface area contributed by atoms with Crippen LogP contribution in [-0.2, 0) is 42.9 Å². The maximum absolute atomic E-state index is 14.7. The average molecular weight is 1000 g/mol. The van der Waals surface area contributed by atoms with E-state index < -0.39 is 59.6 Å². The minimum absolute atomic E-state index is 0.000420. The van der Waals surface area contributed by atoms with Gasteiger partial charge in [0, 0.05) is 46.2 Å². The molecule has 3 unspecified atom stereocenters. The van der Waals surface area contributed by atoms with Crippen LogP contribution in [0, 0.1) is 29.1 Å². The molecule has 3 N–H and O–H groups in total. The number of ketones is 1. The first-order valence-corrected chi connectivity index (χ1v) is 26.4. The van der Waals surface area contributed by atoms with Crippen LogP contribution in [0.3, 0.4) is 0 Å². The van der Waals surface area contributed by atoms with Crippen molar-refractivity contribution in [3.05, 3.63) is 35.9 Å². The normalized spacial score (nSPS) is 18.6. The number of likely N-dealkylation sites (tertiary alicyclic amines) is 1. The Bertz CT molecular complexity index is 1800. The maximum Gasteiger partial charge on any atom is 0.245 e. The molecular weight excluding hydrogens is 903 g/mol. The van der Waals surface area contributed by atoms with Gasteiger partial charge in [0.25, 0.3) is 0 Å². The second kappa shape index (κ2) is 28.8. The predicted molar refractivity (Wildman–Crippen MR) is 282 cm³/mol. The molecule has 1 heterocycles. The molecule has 10 atom stereocenters. The van der Waals surface area contributed by atoms with Crippen LogP contribution in [-0.4, -0.2) is 157 Å². The molecule has 1 aromatic rings. The van der Waals surface area contributed by atoms with Crippen molar-refractivity contribution >= 4 is 29.4 Å². The number of Topliss-reactive ketones (excluding diaryl/α,β-unsaturated/α-hetero) is 1. The van der Waals surface area contributed by atoms with E-state index in [1.807, 2.05) is 132 Å². The zero-order valence-corrected chi connectivity index (χ0v) is 47.6. The zero-order chi connectivity index (χ0) is 54.2. The van der Waals surface area contributed by atoms with E-state index in [1.165, 1.54) is 0 Å². The van der Waals surface area contributed by atoms with Gasteiger partial charge in [0.1, 0.15) is 11.8 Å². The highest BCUT2D eigenvalue weighted by atomic mass is 16.5. The summed E-state index contributed by atoms with van der Waals surface area (Å²) in [4.78, 5) is 74.9. The Labute approximate surface area is 429 Å². The number of amides is 4. The largest absolute Gasteiger partial charge is 0.386 e. The minimum atomic E-state index is -0.895. The highest BCUT2D eigenvalue weighted by Crippen LogP contribution is 2.31. The first-order valence-electron chi connectivity index (χ1n) is 26.4. The van der Waals surface area contributed by atoms with E-state index in [2.05, 4.69) is 10.6 Å². The Morgan fingerprint density at radius 3 is 1.93 bits per heavy atom. The van der Waals surface area contributed by atoms with Crippen molar-refractivity contribution in [2.75, 3.05) is 54.6 Å². The lowest BCUT2D eigenvalue weighted by atomic mass is 9.86. The number of carbonyl (C=O) groups excluding carboxylic acids is 5. The number of nitrogens with zero attached hydrogens (tertiary/aromatic N) is 3. The van der Waals surface area contributed by atoms with Gasteiger partial charge in [-0.25, -0.2) is 0 Å². The van der Waals surface area contributed by atoms with Gasteiger partial charge in [0.15, 0.2) is 0 Å². The Balaban J connectivity index is 2.15. The summed E-state index contributed by atoms with van der Waals surface area (Å²) >= 11 is 0. The van der Waals surface area contributed by atoms with Gasteiger partial charge in [-0.05, 0) is 90.7 Å². The first-order chi connectivity index (χ1) is 32.9. The second-order valence-corrected chi connectivity index (χ2v) is 23.3. The number of nitrogens with one attached hydrogen (secondary N) is 2. The van der Waals surface area contributed by atoms with Crippen LogP contribution in [0.1, 0.15) is 160 Å². The Morgan fingerprint density at radius 2 is 1.39 bits per heavy atom. The summed E-state index contributed by atoms with van der Waals surface area (Å²) in [7, 11) is 6.75. The number of aliphatic hydroxyl groups is 1. The number of rotatable bonds is 31. The third kappa shape index (κ3) is 19.4. The summed E-state index contributed by atoms with van der Waals surface area (Å²) in [5.74, 6) is -1.75. The van der Waals surface area contributed by atoms with E-state index in [9.17, 15) is 29.1 Å². The lowest BCUT2D eigenvalue weighted by molar-refractivity contribution is -0.148. The number of ether oxygens (including phenoxy) is 4. The summed E-state index contributed by atoms with van der Waals surface area (Å²) < 4.78 is 24.7. The Kier molecular flexibility index (Phi) is 25.9. The smallest absolute Gasteiger partial charge is 0.245 e. The fraction of sp³-hybridized carbons (Fsp3) is 0.804. The molecule has 0 aliphatic carbocycles. The summed E-state index contributed by atoms with van der Waals surface area (Å²) in [5, 5.41) is 17.0. The number of likely N-dealkylation sites (N-methyl/N-ethyl adjacent to an activating group) is 2. The van der Waals surface area contributed by atoms with Gasteiger partial charge in [-0.1, -0.05) is 106 Å². The van der Waals surface area contributed by atoms with Crippen molar-refractivity contribution in [2.45, 2.75) is 209 Å². The van der Waals surface area contributed by atoms with E-state index in [-0.39, 0.29) is 65.0 Å². The highest BCUT2D eigenvalue weighted by Gasteiger charge is 2.44. The fourth-order valence-corrected chi connectivity index (χ4v) is 9.78. The van der Waals surface area contributed by atoms with Crippen molar-refractivity contribution in [3.8, 4) is 0 Å². The Hall–Kier alpha value is -3.47. The molecule has 4 amide bonds. The molecule has 0 aromatic heterocycles. The Morgan fingerprint density at radius 1 is 0.803 bits per heavy atom. The van der Waals surface area contributed by atoms with Crippen LogP contribution in [0.2, 0.25) is 0 Å². The third-order valence-electron chi connectivity index (χ3n) is 14.8. The molecule has 0 radical (unpaired) electrons. The first kappa shape index (κ1) is 63.6. The minimum Gasteiger partial charge on any atom is -0.386 e. The number of hydrogen-bond donors (Lipinski definition) is 3. The van der Waals surface area contributed by atoms with Gasteiger partial charge in [0.05, 0.1) is 79.2 Å².